The first kappa shape index (κ1) is 22.4. The number of hydrogen-bond donors (Lipinski definition) is 1. The molecule has 0 aliphatic carbocycles. The maximum atomic E-state index is 5.81. The van der Waals surface area contributed by atoms with Crippen LogP contribution >= 0.6 is 35.6 Å². The Hall–Kier alpha value is -0.600. The van der Waals surface area contributed by atoms with Crippen LogP contribution in [0.4, 0.5) is 0 Å². The van der Waals surface area contributed by atoms with Crippen molar-refractivity contribution in [2.45, 2.75) is 32.6 Å². The highest BCUT2D eigenvalue weighted by Crippen LogP contribution is 2.18. The van der Waals surface area contributed by atoms with Crippen LogP contribution in [0, 0.1) is 5.92 Å². The van der Waals surface area contributed by atoms with Gasteiger partial charge < -0.3 is 15.0 Å². The Labute approximate surface area is 173 Å². The number of rotatable bonds is 7. The molecule has 2 rings (SSSR count). The molecule has 0 radical (unpaired) electrons. The summed E-state index contributed by atoms with van der Waals surface area (Å²) >= 11 is 5.81. The zero-order chi connectivity index (χ0) is 17.2. The lowest BCUT2D eigenvalue weighted by Gasteiger charge is -2.26. The van der Waals surface area contributed by atoms with Crippen LogP contribution in [0.3, 0.4) is 0 Å². The molecule has 5 nitrogen and oxygen atoms in total. The molecule has 1 aromatic rings. The molecule has 0 atom stereocenters. The van der Waals surface area contributed by atoms with E-state index < -0.39 is 0 Å². The highest BCUT2D eigenvalue weighted by Gasteiger charge is 2.15. The third kappa shape index (κ3) is 8.55. The van der Waals surface area contributed by atoms with Gasteiger partial charge in [0.1, 0.15) is 5.15 Å². The Bertz CT molecular complexity index is 506. The van der Waals surface area contributed by atoms with E-state index >= 15 is 0 Å². The Balaban J connectivity index is 0.00000312. The summed E-state index contributed by atoms with van der Waals surface area (Å²) in [5.74, 6) is 1.76. The molecule has 1 aliphatic heterocycles. The SMILES string of the molecule is CCNC(=NCCc1ccc(Cl)nc1)N(C)CCC1CCOCC1.I. The van der Waals surface area contributed by atoms with Gasteiger partial charge in [0, 0.05) is 46.1 Å². The van der Waals surface area contributed by atoms with Crippen molar-refractivity contribution in [2.75, 3.05) is 39.9 Å². The molecule has 1 fully saturated rings. The van der Waals surface area contributed by atoms with Gasteiger partial charge >= 0.3 is 0 Å². The monoisotopic (exact) mass is 480 g/mol. The molecule has 0 aromatic carbocycles. The van der Waals surface area contributed by atoms with Crippen molar-refractivity contribution in [2.24, 2.45) is 10.9 Å². The summed E-state index contributed by atoms with van der Waals surface area (Å²) in [6, 6.07) is 3.83. The number of aliphatic imine (C=N–C) groups is 1. The molecule has 1 aliphatic rings. The van der Waals surface area contributed by atoms with E-state index in [1.807, 2.05) is 18.3 Å². The van der Waals surface area contributed by atoms with E-state index in [9.17, 15) is 0 Å². The highest BCUT2D eigenvalue weighted by molar-refractivity contribution is 14.0. The molecule has 0 bridgehead atoms. The van der Waals surface area contributed by atoms with E-state index in [0.29, 0.717) is 5.15 Å². The fourth-order valence-electron chi connectivity index (χ4n) is 2.83. The van der Waals surface area contributed by atoms with Crippen LogP contribution in [-0.2, 0) is 11.2 Å². The van der Waals surface area contributed by atoms with Crippen molar-refractivity contribution in [3.63, 3.8) is 0 Å². The van der Waals surface area contributed by atoms with Gasteiger partial charge in [0.25, 0.3) is 0 Å². The molecular formula is C18H30ClIN4O. The highest BCUT2D eigenvalue weighted by atomic mass is 127. The van der Waals surface area contributed by atoms with Gasteiger partial charge in [-0.3, -0.25) is 4.99 Å². The van der Waals surface area contributed by atoms with Gasteiger partial charge in [0.2, 0.25) is 0 Å². The number of halogens is 2. The van der Waals surface area contributed by atoms with Crippen molar-refractivity contribution in [3.05, 3.63) is 29.0 Å². The molecular weight excluding hydrogens is 451 g/mol. The summed E-state index contributed by atoms with van der Waals surface area (Å²) in [5, 5.41) is 3.91. The molecule has 0 saturated carbocycles. The second kappa shape index (κ2) is 12.7. The van der Waals surface area contributed by atoms with Crippen LogP contribution in [0.5, 0.6) is 0 Å². The van der Waals surface area contributed by atoms with Gasteiger partial charge in [-0.15, -0.1) is 24.0 Å². The van der Waals surface area contributed by atoms with Crippen molar-refractivity contribution in [1.82, 2.24) is 15.2 Å². The average Bonchev–Trinajstić information content (AvgIpc) is 2.61. The topological polar surface area (TPSA) is 49.8 Å². The molecule has 0 spiro atoms. The fourth-order valence-corrected chi connectivity index (χ4v) is 2.94. The lowest BCUT2D eigenvalue weighted by molar-refractivity contribution is 0.0625. The zero-order valence-electron chi connectivity index (χ0n) is 15.2. The standard InChI is InChI=1S/C18H29ClN4O.HI/c1-3-20-18(21-10-6-16-4-5-17(19)22-14-16)23(2)11-7-15-8-12-24-13-9-15;/h4-5,14-15H,3,6-13H2,1-2H3,(H,20,21);1H. The second-order valence-corrected chi connectivity index (χ2v) is 6.63. The number of guanidine groups is 1. The molecule has 0 amide bonds. The molecule has 142 valence electrons. The molecule has 7 heteroatoms. The molecule has 1 saturated heterocycles. The minimum absolute atomic E-state index is 0. The number of hydrogen-bond acceptors (Lipinski definition) is 3. The number of ether oxygens (including phenoxy) is 1. The van der Waals surface area contributed by atoms with Gasteiger partial charge in [-0.1, -0.05) is 17.7 Å². The quantitative estimate of drug-likeness (QED) is 0.280. The Morgan fingerprint density at radius 2 is 2.16 bits per heavy atom. The van der Waals surface area contributed by atoms with Gasteiger partial charge in [0.15, 0.2) is 5.96 Å². The van der Waals surface area contributed by atoms with Crippen LogP contribution in [0.2, 0.25) is 5.15 Å². The number of nitrogens with one attached hydrogen (secondary N) is 1. The second-order valence-electron chi connectivity index (χ2n) is 6.24. The minimum Gasteiger partial charge on any atom is -0.381 e. The van der Waals surface area contributed by atoms with E-state index in [4.69, 9.17) is 21.3 Å². The van der Waals surface area contributed by atoms with Crippen molar-refractivity contribution in [1.29, 1.82) is 0 Å². The smallest absolute Gasteiger partial charge is 0.193 e. The summed E-state index contributed by atoms with van der Waals surface area (Å²) in [5.41, 5.74) is 1.16. The number of pyridine rings is 1. The van der Waals surface area contributed by atoms with Gasteiger partial charge in [0.05, 0.1) is 0 Å². The van der Waals surface area contributed by atoms with Crippen LogP contribution < -0.4 is 5.32 Å². The Kier molecular flexibility index (Phi) is 11.4. The lowest BCUT2D eigenvalue weighted by atomic mass is 9.96. The van der Waals surface area contributed by atoms with E-state index in [-0.39, 0.29) is 24.0 Å². The van der Waals surface area contributed by atoms with Crippen molar-refractivity contribution < 1.29 is 4.74 Å². The average molecular weight is 481 g/mol. The van der Waals surface area contributed by atoms with Gasteiger partial charge in [-0.05, 0) is 50.2 Å². The molecule has 0 unspecified atom stereocenters. The van der Waals surface area contributed by atoms with E-state index in [1.165, 1.54) is 19.3 Å². The molecule has 1 aromatic heterocycles. The first-order chi connectivity index (χ1) is 11.7. The third-order valence-corrected chi connectivity index (χ3v) is 4.58. The van der Waals surface area contributed by atoms with Gasteiger partial charge in [-0.2, -0.15) is 0 Å². The third-order valence-electron chi connectivity index (χ3n) is 4.36. The molecule has 2 heterocycles. The van der Waals surface area contributed by atoms with Gasteiger partial charge in [-0.25, -0.2) is 4.98 Å². The Morgan fingerprint density at radius 1 is 1.40 bits per heavy atom. The first-order valence-electron chi connectivity index (χ1n) is 8.86. The number of nitrogens with zero attached hydrogens (tertiary/aromatic N) is 3. The van der Waals surface area contributed by atoms with E-state index in [2.05, 4.69) is 29.2 Å². The first-order valence-corrected chi connectivity index (χ1v) is 9.24. The predicted molar refractivity (Wildman–Crippen MR) is 115 cm³/mol. The summed E-state index contributed by atoms with van der Waals surface area (Å²) < 4.78 is 5.43. The van der Waals surface area contributed by atoms with E-state index in [1.54, 1.807) is 0 Å². The maximum absolute atomic E-state index is 5.81. The predicted octanol–water partition coefficient (Wildman–Crippen LogP) is 3.61. The van der Waals surface area contributed by atoms with Crippen LogP contribution in [0.1, 0.15) is 31.7 Å². The Morgan fingerprint density at radius 3 is 2.80 bits per heavy atom. The minimum atomic E-state index is 0. The normalized spacial score (nSPS) is 15.6. The molecule has 25 heavy (non-hydrogen) atoms. The van der Waals surface area contributed by atoms with Crippen molar-refractivity contribution >= 4 is 41.5 Å². The summed E-state index contributed by atoms with van der Waals surface area (Å²) in [4.78, 5) is 11.1. The van der Waals surface area contributed by atoms with Crippen LogP contribution in [0.15, 0.2) is 23.3 Å². The maximum Gasteiger partial charge on any atom is 0.193 e. The number of aromatic nitrogens is 1. The summed E-state index contributed by atoms with van der Waals surface area (Å²) in [6.07, 6.45) is 6.26. The fraction of sp³-hybridized carbons (Fsp3) is 0.667. The van der Waals surface area contributed by atoms with Crippen molar-refractivity contribution in [3.8, 4) is 0 Å². The largest absolute Gasteiger partial charge is 0.381 e. The summed E-state index contributed by atoms with van der Waals surface area (Å²) in [6.45, 7) is 6.58. The summed E-state index contributed by atoms with van der Waals surface area (Å²) in [7, 11) is 2.12. The van der Waals surface area contributed by atoms with Crippen LogP contribution in [-0.4, -0.2) is 55.7 Å². The lowest BCUT2D eigenvalue weighted by Crippen LogP contribution is -2.40. The van der Waals surface area contributed by atoms with Crippen LogP contribution in [0.25, 0.3) is 0 Å². The van der Waals surface area contributed by atoms with E-state index in [0.717, 1.165) is 56.7 Å². The molecule has 1 N–H and O–H groups in total. The zero-order valence-corrected chi connectivity index (χ0v) is 18.3.